The molecule has 0 bridgehead atoms. The fourth-order valence-electron chi connectivity index (χ4n) is 8.87. The van der Waals surface area contributed by atoms with Crippen molar-refractivity contribution in [3.05, 3.63) is 272 Å². The molecule has 15 heteroatoms. The van der Waals surface area contributed by atoms with Crippen LogP contribution in [0.3, 0.4) is 0 Å². The molecule has 15 nitrogen and oxygen atoms in total. The van der Waals surface area contributed by atoms with E-state index in [1.54, 1.807) is 0 Å². The number of rotatable bonds is 31. The molecule has 1 aliphatic heterocycles. The highest BCUT2D eigenvalue weighted by atomic mass is 16.7. The number of nitrogens with zero attached hydrogens (tertiary/aromatic N) is 6. The smallest absolute Gasteiger partial charge is 0.169 e. The van der Waals surface area contributed by atoms with Crippen LogP contribution in [0.25, 0.3) is 20.9 Å². The van der Waals surface area contributed by atoms with Gasteiger partial charge >= 0.3 is 0 Å². The summed E-state index contributed by atoms with van der Waals surface area (Å²) in [6.45, 7) is 1.21. The number of benzene rings is 7. The molecule has 0 unspecified atom stereocenters. The summed E-state index contributed by atoms with van der Waals surface area (Å²) in [5.41, 5.74) is 27.1. The monoisotopic (exact) mass is 1020 g/mol. The van der Waals surface area contributed by atoms with Gasteiger partial charge in [-0.25, -0.2) is 0 Å². The average molecular weight is 1030 g/mol. The number of hydrogen-bond acceptors (Lipinski definition) is 11. The van der Waals surface area contributed by atoms with Crippen LogP contribution in [0.15, 0.2) is 223 Å². The summed E-state index contributed by atoms with van der Waals surface area (Å²) in [6, 6.07) is 66.2. The fourth-order valence-corrected chi connectivity index (χ4v) is 8.87. The van der Waals surface area contributed by atoms with Crippen LogP contribution in [0, 0.1) is 0 Å². The fraction of sp³-hybridized carbons (Fsp3) is 0.311. The first-order valence-corrected chi connectivity index (χ1v) is 25.5. The summed E-state index contributed by atoms with van der Waals surface area (Å²) in [5.74, 6) is 0. The van der Waals surface area contributed by atoms with E-state index in [1.807, 2.05) is 212 Å². The van der Waals surface area contributed by atoms with E-state index in [0.717, 1.165) is 38.9 Å². The highest BCUT2D eigenvalue weighted by Crippen LogP contribution is 2.34. The van der Waals surface area contributed by atoms with Gasteiger partial charge in [-0.3, -0.25) is 0 Å². The van der Waals surface area contributed by atoms with Gasteiger partial charge < -0.3 is 42.6 Å². The van der Waals surface area contributed by atoms with Crippen LogP contribution in [0.1, 0.15) is 38.9 Å². The Morgan fingerprint density at radius 1 is 0.421 bits per heavy atom. The third-order valence-corrected chi connectivity index (χ3v) is 12.7. The number of ether oxygens (including phenoxy) is 9. The summed E-state index contributed by atoms with van der Waals surface area (Å²) in [7, 11) is 0. The predicted octanol–water partition coefficient (Wildman–Crippen LogP) is 12.4. The topological polar surface area (TPSA) is 181 Å². The quantitative estimate of drug-likeness (QED) is 0.0232. The van der Waals surface area contributed by atoms with Gasteiger partial charge in [0.25, 0.3) is 0 Å². The van der Waals surface area contributed by atoms with Gasteiger partial charge in [0.2, 0.25) is 0 Å². The molecule has 0 N–H and O–H groups in total. The van der Waals surface area contributed by atoms with E-state index >= 15 is 0 Å². The first-order chi connectivity index (χ1) is 37.6. The van der Waals surface area contributed by atoms with Crippen molar-refractivity contribution in [1.82, 2.24) is 0 Å². The Labute approximate surface area is 444 Å². The standard InChI is InChI=1S/C61H64N6O9/c62-66-64-53(43-68-36-46-22-8-1-9-23-46)57(71-39-49-28-14-4-15-29-49)58(72-40-50-30-16-5-17-31-50)54(44-69-37-47-24-10-2-11-25-47)75-61-56(65-67-63)60(74-42-52-34-20-7-21-35-52)59(73-41-51-32-18-6-19-33-51)55(76-61)45-70-38-48-26-12-3-13-27-48/h1-35,53-61H,36-45H2/t53-,54-,55-,56-,57-,58-,59-,60-,61+/m1/s1. The molecule has 392 valence electrons. The van der Waals surface area contributed by atoms with Crippen LogP contribution >= 0.6 is 0 Å². The first-order valence-electron chi connectivity index (χ1n) is 25.5. The van der Waals surface area contributed by atoms with Crippen molar-refractivity contribution in [2.45, 2.75) is 101 Å². The van der Waals surface area contributed by atoms with Gasteiger partial charge in [0.05, 0.1) is 78.2 Å². The van der Waals surface area contributed by atoms with Crippen molar-refractivity contribution in [3.63, 3.8) is 0 Å². The molecule has 0 aliphatic carbocycles. The lowest BCUT2D eigenvalue weighted by molar-refractivity contribution is -0.311. The molecule has 1 saturated heterocycles. The highest BCUT2D eigenvalue weighted by Gasteiger charge is 2.50. The second-order valence-corrected chi connectivity index (χ2v) is 18.2. The normalized spacial score (nSPS) is 18.8. The predicted molar refractivity (Wildman–Crippen MR) is 288 cm³/mol. The zero-order valence-electron chi connectivity index (χ0n) is 42.3. The maximum Gasteiger partial charge on any atom is 0.169 e. The van der Waals surface area contributed by atoms with Crippen LogP contribution in [0.5, 0.6) is 0 Å². The molecular formula is C61H64N6O9. The van der Waals surface area contributed by atoms with Crippen molar-refractivity contribution in [2.75, 3.05) is 19.8 Å². The summed E-state index contributed by atoms with van der Waals surface area (Å²) < 4.78 is 61.3. The molecule has 0 saturated carbocycles. The van der Waals surface area contributed by atoms with Crippen molar-refractivity contribution in [3.8, 4) is 0 Å². The van der Waals surface area contributed by atoms with Gasteiger partial charge in [0, 0.05) is 9.82 Å². The minimum atomic E-state index is -1.31. The minimum Gasteiger partial charge on any atom is -0.376 e. The molecule has 0 spiro atoms. The Balaban J connectivity index is 1.20. The Hall–Kier alpha value is -7.20. The highest BCUT2D eigenvalue weighted by molar-refractivity contribution is 5.19. The molecule has 0 aromatic heterocycles. The van der Waals surface area contributed by atoms with Crippen molar-refractivity contribution >= 4 is 0 Å². The Kier molecular flexibility index (Phi) is 22.4. The lowest BCUT2D eigenvalue weighted by Gasteiger charge is -2.46. The lowest BCUT2D eigenvalue weighted by atomic mass is 9.96. The van der Waals surface area contributed by atoms with E-state index in [1.165, 1.54) is 0 Å². The molecule has 0 radical (unpaired) electrons. The zero-order chi connectivity index (χ0) is 52.2. The second-order valence-electron chi connectivity index (χ2n) is 18.2. The van der Waals surface area contributed by atoms with E-state index in [9.17, 15) is 11.1 Å². The van der Waals surface area contributed by atoms with E-state index in [4.69, 9.17) is 42.6 Å². The van der Waals surface area contributed by atoms with Crippen LogP contribution in [0.2, 0.25) is 0 Å². The number of azide groups is 2. The summed E-state index contributed by atoms with van der Waals surface area (Å²) in [5, 5.41) is 8.74. The van der Waals surface area contributed by atoms with Gasteiger partial charge in [-0.05, 0) is 50.0 Å². The maximum absolute atomic E-state index is 10.4. The zero-order valence-corrected chi connectivity index (χ0v) is 42.3. The lowest BCUT2D eigenvalue weighted by Crippen LogP contribution is -2.62. The molecule has 7 aromatic rings. The Bertz CT molecular complexity index is 2780. The van der Waals surface area contributed by atoms with Crippen molar-refractivity contribution < 1.29 is 42.6 Å². The summed E-state index contributed by atoms with van der Waals surface area (Å²) >= 11 is 0. The molecule has 7 aromatic carbocycles. The summed E-state index contributed by atoms with van der Waals surface area (Å²) in [4.78, 5) is 6.70. The van der Waals surface area contributed by atoms with Crippen LogP contribution in [0.4, 0.5) is 0 Å². The SMILES string of the molecule is [N-]=[N+]=N[C@H]1[C@@H](O[C@H](COCc2ccccc2)[C@@H](OCc2ccccc2)[C@H](OCc2ccccc2)[C@@H](COCc2ccccc2)N=[N+]=[N-])O[C@H](COCc2ccccc2)[C@@H](OCc2ccccc2)[C@@H]1OCc1ccccc1. The van der Waals surface area contributed by atoms with Crippen LogP contribution in [-0.2, 0) is 88.9 Å². The van der Waals surface area contributed by atoms with Crippen LogP contribution < -0.4 is 0 Å². The molecule has 1 fully saturated rings. The van der Waals surface area contributed by atoms with E-state index in [2.05, 4.69) is 20.1 Å². The van der Waals surface area contributed by atoms with E-state index in [0.29, 0.717) is 0 Å². The van der Waals surface area contributed by atoms with Gasteiger partial charge in [0.15, 0.2) is 6.29 Å². The third kappa shape index (κ3) is 17.4. The average Bonchev–Trinajstić information content (AvgIpc) is 3.48. The molecule has 0 amide bonds. The van der Waals surface area contributed by atoms with Crippen molar-refractivity contribution in [2.24, 2.45) is 10.2 Å². The maximum atomic E-state index is 10.4. The molecule has 9 atom stereocenters. The molecule has 1 heterocycles. The molecule has 8 rings (SSSR count). The van der Waals surface area contributed by atoms with Gasteiger partial charge in [-0.15, -0.1) is 0 Å². The largest absolute Gasteiger partial charge is 0.376 e. The molecule has 1 aliphatic rings. The van der Waals surface area contributed by atoms with Gasteiger partial charge in [0.1, 0.15) is 36.6 Å². The van der Waals surface area contributed by atoms with E-state index in [-0.39, 0.29) is 66.1 Å². The Morgan fingerprint density at radius 2 is 0.803 bits per heavy atom. The first kappa shape index (κ1) is 55.0. The summed E-state index contributed by atoms with van der Waals surface area (Å²) in [6.07, 6.45) is -7.06. The van der Waals surface area contributed by atoms with Crippen molar-refractivity contribution in [1.29, 1.82) is 0 Å². The minimum absolute atomic E-state index is 0.0425. The van der Waals surface area contributed by atoms with Gasteiger partial charge in [-0.2, -0.15) is 0 Å². The second kappa shape index (κ2) is 31.0. The molecular weight excluding hydrogens is 961 g/mol. The van der Waals surface area contributed by atoms with Crippen LogP contribution in [-0.4, -0.2) is 74.8 Å². The van der Waals surface area contributed by atoms with E-state index < -0.39 is 55.0 Å². The van der Waals surface area contributed by atoms with Gasteiger partial charge in [-0.1, -0.05) is 223 Å². The third-order valence-electron chi connectivity index (χ3n) is 12.7. The Morgan fingerprint density at radius 3 is 1.24 bits per heavy atom. The molecule has 76 heavy (non-hydrogen) atoms. The number of hydrogen-bond donors (Lipinski definition) is 0.